The molecule has 1 N–H and O–H groups in total. The van der Waals surface area contributed by atoms with Crippen molar-refractivity contribution in [3.8, 4) is 0 Å². The van der Waals surface area contributed by atoms with E-state index in [1.165, 1.54) is 10.7 Å². The maximum atomic E-state index is 10.6. The van der Waals surface area contributed by atoms with E-state index in [9.17, 15) is 4.79 Å². The van der Waals surface area contributed by atoms with Gasteiger partial charge >= 0.3 is 5.97 Å². The molecular weight excluding hydrogens is 200 g/mol. The lowest BCUT2D eigenvalue weighted by Gasteiger charge is -1.96. The van der Waals surface area contributed by atoms with Crippen molar-refractivity contribution in [3.05, 3.63) is 29.3 Å². The van der Waals surface area contributed by atoms with E-state index in [0.717, 1.165) is 0 Å². The molecule has 0 atom stereocenters. The number of nitrogens with zero attached hydrogens (tertiary/aromatic N) is 4. The van der Waals surface area contributed by atoms with E-state index in [2.05, 4.69) is 20.0 Å². The fraction of sp³-hybridized carbons (Fsp3) is 0.250. The predicted octanol–water partition coefficient (Wildman–Crippen LogP) is 0.321. The van der Waals surface area contributed by atoms with Crippen molar-refractivity contribution in [2.45, 2.75) is 13.5 Å². The van der Waals surface area contributed by atoms with E-state index in [1.54, 1.807) is 13.1 Å². The van der Waals surface area contributed by atoms with Crippen molar-refractivity contribution in [3.63, 3.8) is 0 Å². The van der Waals surface area contributed by atoms with E-state index in [4.69, 9.17) is 5.11 Å². The van der Waals surface area contributed by atoms with Crippen LogP contribution in [0.25, 0.3) is 0 Å². The van der Waals surface area contributed by atoms with E-state index in [-0.39, 0.29) is 5.69 Å². The summed E-state index contributed by atoms with van der Waals surface area (Å²) in [6.07, 6.45) is 1.57. The summed E-state index contributed by atoms with van der Waals surface area (Å²) in [5, 5.41) is 19.8. The zero-order valence-electron chi connectivity index (χ0n) is 7.91. The lowest BCUT2D eigenvalue weighted by atomic mass is 10.3. The first-order valence-corrected chi connectivity index (χ1v) is 4.21. The minimum absolute atomic E-state index is 0.00380. The monoisotopic (exact) mass is 208 g/mol. The van der Waals surface area contributed by atoms with Crippen molar-refractivity contribution >= 4 is 5.97 Å². The molecule has 0 bridgehead atoms. The second-order valence-electron chi connectivity index (χ2n) is 3.00. The molecule has 0 fully saturated rings. The lowest BCUT2D eigenvalue weighted by Crippen LogP contribution is -2.05. The van der Waals surface area contributed by atoms with Crippen LogP contribution in [0.5, 0.6) is 0 Å². The minimum atomic E-state index is -1.05. The second-order valence-corrected chi connectivity index (χ2v) is 3.00. The van der Waals surface area contributed by atoms with E-state index < -0.39 is 5.97 Å². The summed E-state index contributed by atoms with van der Waals surface area (Å²) in [7, 11) is 0. The van der Waals surface area contributed by atoms with Crippen LogP contribution in [0.4, 0.5) is 0 Å². The molecule has 0 aliphatic heterocycles. The summed E-state index contributed by atoms with van der Waals surface area (Å²) < 4.78 is 5.98. The normalized spacial score (nSPS) is 10.5. The smallest absolute Gasteiger partial charge is 0.356 e. The molecule has 7 heteroatoms. The van der Waals surface area contributed by atoms with Gasteiger partial charge in [0.05, 0.1) is 6.54 Å². The van der Waals surface area contributed by atoms with Crippen molar-refractivity contribution in [2.24, 2.45) is 0 Å². The minimum Gasteiger partial charge on any atom is -0.476 e. The third-order valence-corrected chi connectivity index (χ3v) is 1.92. The van der Waals surface area contributed by atoms with Crippen LogP contribution in [0, 0.1) is 6.92 Å². The van der Waals surface area contributed by atoms with Gasteiger partial charge in [0, 0.05) is 6.20 Å². The quantitative estimate of drug-likeness (QED) is 0.780. The fourth-order valence-corrected chi connectivity index (χ4v) is 1.11. The molecule has 0 spiro atoms. The Balaban J connectivity index is 2.18. The van der Waals surface area contributed by atoms with Gasteiger partial charge in [-0.05, 0) is 13.0 Å². The van der Waals surface area contributed by atoms with Crippen molar-refractivity contribution in [1.29, 1.82) is 0 Å². The van der Waals surface area contributed by atoms with Crippen LogP contribution in [0.15, 0.2) is 16.9 Å². The summed E-state index contributed by atoms with van der Waals surface area (Å²) in [6, 6.07) is 1.42. The van der Waals surface area contributed by atoms with Crippen LogP contribution in [0.3, 0.4) is 0 Å². The van der Waals surface area contributed by atoms with E-state index >= 15 is 0 Å². The van der Waals surface area contributed by atoms with Crippen LogP contribution >= 0.6 is 0 Å². The molecule has 0 amide bonds. The number of rotatable bonds is 3. The van der Waals surface area contributed by atoms with E-state index in [0.29, 0.717) is 17.9 Å². The molecule has 0 aromatic carbocycles. The van der Waals surface area contributed by atoms with Crippen LogP contribution in [-0.2, 0) is 6.54 Å². The molecule has 0 saturated carbocycles. The molecule has 2 heterocycles. The Morgan fingerprint density at radius 1 is 1.60 bits per heavy atom. The fourth-order valence-electron chi connectivity index (χ4n) is 1.11. The number of aromatic carboxylic acids is 1. The Morgan fingerprint density at radius 2 is 2.40 bits per heavy atom. The SMILES string of the molecule is Cc1nonc1Cn1ccc(C(=O)O)n1. The second kappa shape index (κ2) is 3.52. The molecule has 0 aliphatic rings. The number of carbonyl (C=O) groups is 1. The third-order valence-electron chi connectivity index (χ3n) is 1.92. The lowest BCUT2D eigenvalue weighted by molar-refractivity contribution is 0.0689. The van der Waals surface area contributed by atoms with Crippen LogP contribution < -0.4 is 0 Å². The molecular formula is C8H8N4O3. The van der Waals surface area contributed by atoms with E-state index in [1.807, 2.05) is 0 Å². The van der Waals surface area contributed by atoms with Gasteiger partial charge in [-0.3, -0.25) is 4.68 Å². The zero-order valence-corrected chi connectivity index (χ0v) is 7.91. The summed E-state index contributed by atoms with van der Waals surface area (Å²) >= 11 is 0. The molecule has 0 saturated heterocycles. The van der Waals surface area contributed by atoms with Crippen molar-refractivity contribution in [2.75, 3.05) is 0 Å². The highest BCUT2D eigenvalue weighted by atomic mass is 16.6. The largest absolute Gasteiger partial charge is 0.476 e. The van der Waals surface area contributed by atoms with Crippen LogP contribution in [-0.4, -0.2) is 31.2 Å². The molecule has 7 nitrogen and oxygen atoms in total. The highest BCUT2D eigenvalue weighted by Crippen LogP contribution is 2.04. The van der Waals surface area contributed by atoms with Gasteiger partial charge in [-0.15, -0.1) is 0 Å². The number of hydrogen-bond acceptors (Lipinski definition) is 5. The highest BCUT2D eigenvalue weighted by molar-refractivity contribution is 5.85. The summed E-state index contributed by atoms with van der Waals surface area (Å²) in [4.78, 5) is 10.6. The van der Waals surface area contributed by atoms with Gasteiger partial charge in [0.25, 0.3) is 0 Å². The third kappa shape index (κ3) is 1.85. The molecule has 2 aromatic heterocycles. The van der Waals surface area contributed by atoms with Gasteiger partial charge in [-0.1, -0.05) is 10.3 Å². The Kier molecular flexibility index (Phi) is 2.20. The Labute approximate surface area is 84.3 Å². The van der Waals surface area contributed by atoms with Gasteiger partial charge in [0.2, 0.25) is 0 Å². The maximum Gasteiger partial charge on any atom is 0.356 e. The number of hydrogen-bond donors (Lipinski definition) is 1. The topological polar surface area (TPSA) is 94.0 Å². The summed E-state index contributed by atoms with van der Waals surface area (Å²) in [5.41, 5.74) is 1.31. The summed E-state index contributed by atoms with van der Waals surface area (Å²) in [5.74, 6) is -1.05. The zero-order chi connectivity index (χ0) is 10.8. The molecule has 2 aromatic rings. The van der Waals surface area contributed by atoms with Crippen molar-refractivity contribution < 1.29 is 14.5 Å². The molecule has 78 valence electrons. The molecule has 0 unspecified atom stereocenters. The first-order valence-electron chi connectivity index (χ1n) is 4.21. The standard InChI is InChI=1S/C8H8N4O3/c1-5-7(11-15-10-5)4-12-3-2-6(9-12)8(13)14/h2-3H,4H2,1H3,(H,13,14). The Morgan fingerprint density at radius 3 is 2.93 bits per heavy atom. The number of carboxylic acids is 1. The predicted molar refractivity (Wildman–Crippen MR) is 47.3 cm³/mol. The molecule has 0 aliphatic carbocycles. The van der Waals surface area contributed by atoms with Gasteiger partial charge < -0.3 is 5.11 Å². The molecule has 2 rings (SSSR count). The molecule has 0 radical (unpaired) electrons. The Hall–Kier alpha value is -2.18. The number of aryl methyl sites for hydroxylation is 1. The van der Waals surface area contributed by atoms with Gasteiger partial charge in [-0.25, -0.2) is 9.42 Å². The molecule has 15 heavy (non-hydrogen) atoms. The number of carboxylic acid groups (broad SMARTS) is 1. The van der Waals surface area contributed by atoms with Gasteiger partial charge in [0.15, 0.2) is 5.69 Å². The average molecular weight is 208 g/mol. The van der Waals surface area contributed by atoms with Gasteiger partial charge in [-0.2, -0.15) is 5.10 Å². The number of aromatic nitrogens is 4. The highest BCUT2D eigenvalue weighted by Gasteiger charge is 2.09. The van der Waals surface area contributed by atoms with Crippen molar-refractivity contribution in [1.82, 2.24) is 20.1 Å². The first kappa shape index (κ1) is 9.38. The summed E-state index contributed by atoms with van der Waals surface area (Å²) in [6.45, 7) is 2.11. The van der Waals surface area contributed by atoms with Crippen LogP contribution in [0.2, 0.25) is 0 Å². The van der Waals surface area contributed by atoms with Gasteiger partial charge in [0.1, 0.15) is 11.4 Å². The maximum absolute atomic E-state index is 10.6. The first-order chi connectivity index (χ1) is 7.16. The average Bonchev–Trinajstić information content (AvgIpc) is 2.77. The Bertz CT molecular complexity index is 488. The van der Waals surface area contributed by atoms with Crippen LogP contribution in [0.1, 0.15) is 21.9 Å².